The molecule has 1 fully saturated rings. The van der Waals surface area contributed by atoms with Gasteiger partial charge in [0, 0.05) is 32.4 Å². The van der Waals surface area contributed by atoms with Crippen molar-refractivity contribution in [3.05, 3.63) is 47.7 Å². The van der Waals surface area contributed by atoms with Crippen LogP contribution in [0.15, 0.2) is 36.5 Å². The Balaban J connectivity index is 1.57. The van der Waals surface area contributed by atoms with E-state index < -0.39 is 0 Å². The highest BCUT2D eigenvalue weighted by atomic mass is 15.3. The number of nitrogens with zero attached hydrogens (tertiary/aromatic N) is 3. The van der Waals surface area contributed by atoms with Crippen molar-refractivity contribution in [3.8, 4) is 11.1 Å². The van der Waals surface area contributed by atoms with Crippen LogP contribution < -0.4 is 4.90 Å². The first kappa shape index (κ1) is 21.4. The molecule has 0 radical (unpaired) electrons. The molecule has 1 aromatic carbocycles. The first-order chi connectivity index (χ1) is 14.3. The average molecular weight is 406 g/mol. The van der Waals surface area contributed by atoms with E-state index in [0.29, 0.717) is 0 Å². The summed E-state index contributed by atoms with van der Waals surface area (Å²) >= 11 is 0. The highest BCUT2D eigenvalue weighted by Gasteiger charge is 2.37. The minimum Gasteiger partial charge on any atom is -0.354 e. The Kier molecular flexibility index (Phi) is 5.94. The molecule has 0 bridgehead atoms. The first-order valence-corrected chi connectivity index (χ1v) is 11.9. The summed E-state index contributed by atoms with van der Waals surface area (Å²) in [5.41, 5.74) is 6.18. The summed E-state index contributed by atoms with van der Waals surface area (Å²) in [6.07, 6.45) is 7.08. The third-order valence-electron chi connectivity index (χ3n) is 7.46. The van der Waals surface area contributed by atoms with Crippen LogP contribution in [-0.2, 0) is 10.8 Å². The summed E-state index contributed by atoms with van der Waals surface area (Å²) < 4.78 is 0. The molecule has 2 aromatic rings. The molecular formula is C27H39N3. The molecule has 1 aliphatic carbocycles. The molecule has 1 saturated heterocycles. The molecule has 0 spiro atoms. The van der Waals surface area contributed by atoms with Crippen LogP contribution in [0, 0.1) is 0 Å². The van der Waals surface area contributed by atoms with Crippen LogP contribution in [0.5, 0.6) is 0 Å². The van der Waals surface area contributed by atoms with Crippen LogP contribution in [0.4, 0.5) is 5.82 Å². The highest BCUT2D eigenvalue weighted by Crippen LogP contribution is 2.46. The largest absolute Gasteiger partial charge is 0.354 e. The third kappa shape index (κ3) is 4.27. The molecule has 30 heavy (non-hydrogen) atoms. The lowest BCUT2D eigenvalue weighted by Gasteiger charge is -2.42. The van der Waals surface area contributed by atoms with E-state index in [9.17, 15) is 0 Å². The fraction of sp³-hybridized carbons (Fsp3) is 0.593. The maximum Gasteiger partial charge on any atom is 0.129 e. The second-order valence-corrected chi connectivity index (χ2v) is 10.6. The van der Waals surface area contributed by atoms with Crippen LogP contribution in [0.1, 0.15) is 71.4 Å². The number of hydrogen-bond donors (Lipinski definition) is 0. The lowest BCUT2D eigenvalue weighted by molar-refractivity contribution is 0.253. The lowest BCUT2D eigenvalue weighted by Crippen LogP contribution is -2.46. The molecule has 0 saturated carbocycles. The van der Waals surface area contributed by atoms with Crippen molar-refractivity contribution >= 4 is 5.82 Å². The normalized spacial score (nSPS) is 20.8. The van der Waals surface area contributed by atoms with Gasteiger partial charge in [-0.2, -0.15) is 0 Å². The molecule has 2 aliphatic rings. The molecule has 0 atom stereocenters. The van der Waals surface area contributed by atoms with Crippen molar-refractivity contribution in [1.82, 2.24) is 9.88 Å². The van der Waals surface area contributed by atoms with Crippen LogP contribution in [0.3, 0.4) is 0 Å². The Bertz CT molecular complexity index is 875. The Morgan fingerprint density at radius 1 is 0.833 bits per heavy atom. The summed E-state index contributed by atoms with van der Waals surface area (Å²) in [6, 6.07) is 11.6. The number of hydrogen-bond acceptors (Lipinski definition) is 3. The third-order valence-corrected chi connectivity index (χ3v) is 7.46. The van der Waals surface area contributed by atoms with Gasteiger partial charge >= 0.3 is 0 Å². The van der Waals surface area contributed by atoms with E-state index in [1.807, 2.05) is 6.20 Å². The number of unbranched alkanes of at least 4 members (excludes halogenated alkanes) is 1. The quantitative estimate of drug-likeness (QED) is 0.606. The van der Waals surface area contributed by atoms with E-state index >= 15 is 0 Å². The second-order valence-electron chi connectivity index (χ2n) is 10.6. The number of rotatable bonds is 5. The predicted molar refractivity (Wildman–Crippen MR) is 129 cm³/mol. The van der Waals surface area contributed by atoms with Crippen LogP contribution in [0.25, 0.3) is 11.1 Å². The molecule has 0 amide bonds. The first-order valence-electron chi connectivity index (χ1n) is 11.9. The summed E-state index contributed by atoms with van der Waals surface area (Å²) in [5.74, 6) is 1.12. The van der Waals surface area contributed by atoms with Crippen molar-refractivity contribution in [1.29, 1.82) is 0 Å². The number of fused-ring (bicyclic) bond motifs is 1. The number of benzene rings is 1. The van der Waals surface area contributed by atoms with Gasteiger partial charge in [-0.25, -0.2) is 4.98 Å². The minimum atomic E-state index is 0.242. The number of aromatic nitrogens is 1. The maximum atomic E-state index is 4.72. The van der Waals surface area contributed by atoms with Crippen LogP contribution in [-0.4, -0.2) is 42.6 Å². The molecule has 4 rings (SSSR count). The van der Waals surface area contributed by atoms with Gasteiger partial charge in [0.15, 0.2) is 0 Å². The number of piperazine rings is 1. The maximum absolute atomic E-state index is 4.72. The zero-order valence-corrected chi connectivity index (χ0v) is 19.7. The molecular weight excluding hydrogens is 366 g/mol. The van der Waals surface area contributed by atoms with Gasteiger partial charge in [-0.3, -0.25) is 4.90 Å². The van der Waals surface area contributed by atoms with Gasteiger partial charge in [0.2, 0.25) is 0 Å². The topological polar surface area (TPSA) is 19.4 Å². The zero-order chi connectivity index (χ0) is 21.4. The van der Waals surface area contributed by atoms with Crippen molar-refractivity contribution in [2.45, 2.75) is 71.1 Å². The highest BCUT2D eigenvalue weighted by molar-refractivity contribution is 5.69. The standard InChI is InChI=1S/C27H39N3/c1-6-7-14-29-15-17-30(18-16-29)25-20-22(10-13-28-25)21-8-9-23-24(19-21)27(4,5)12-11-26(23,2)3/h8-10,13,19-20H,6-7,11-12,14-18H2,1-5H3. The summed E-state index contributed by atoms with van der Waals surface area (Å²) in [4.78, 5) is 9.77. The van der Waals surface area contributed by atoms with Gasteiger partial charge < -0.3 is 4.90 Å². The predicted octanol–water partition coefficient (Wildman–Crippen LogP) is 6.02. The lowest BCUT2D eigenvalue weighted by atomic mass is 9.63. The Morgan fingerprint density at radius 3 is 2.20 bits per heavy atom. The van der Waals surface area contributed by atoms with Gasteiger partial charge in [-0.05, 0) is 71.0 Å². The molecule has 2 heterocycles. The van der Waals surface area contributed by atoms with Crippen molar-refractivity contribution in [3.63, 3.8) is 0 Å². The molecule has 1 aliphatic heterocycles. The van der Waals surface area contributed by atoms with Crippen molar-refractivity contribution < 1.29 is 0 Å². The van der Waals surface area contributed by atoms with E-state index in [4.69, 9.17) is 4.98 Å². The monoisotopic (exact) mass is 405 g/mol. The fourth-order valence-corrected chi connectivity index (χ4v) is 5.12. The summed E-state index contributed by atoms with van der Waals surface area (Å²) in [6.45, 7) is 17.5. The van der Waals surface area contributed by atoms with Crippen LogP contribution >= 0.6 is 0 Å². The SMILES string of the molecule is CCCCN1CCN(c2cc(-c3ccc4c(c3)C(C)(C)CCC4(C)C)ccn2)CC1. The van der Waals surface area contributed by atoms with Crippen molar-refractivity contribution in [2.75, 3.05) is 37.6 Å². The van der Waals surface area contributed by atoms with Gasteiger partial charge in [-0.15, -0.1) is 0 Å². The molecule has 3 nitrogen and oxygen atoms in total. The summed E-state index contributed by atoms with van der Waals surface area (Å²) in [7, 11) is 0. The van der Waals surface area contributed by atoms with Gasteiger partial charge in [-0.1, -0.05) is 59.2 Å². The number of anilines is 1. The summed E-state index contributed by atoms with van der Waals surface area (Å²) in [5, 5.41) is 0. The molecule has 1 aromatic heterocycles. The van der Waals surface area contributed by atoms with E-state index in [1.54, 1.807) is 0 Å². The Morgan fingerprint density at radius 2 is 1.50 bits per heavy atom. The fourth-order valence-electron chi connectivity index (χ4n) is 5.12. The van der Waals surface area contributed by atoms with Gasteiger partial charge in [0.25, 0.3) is 0 Å². The van der Waals surface area contributed by atoms with Crippen LogP contribution in [0.2, 0.25) is 0 Å². The van der Waals surface area contributed by atoms with E-state index in [1.165, 1.54) is 54.5 Å². The minimum absolute atomic E-state index is 0.242. The van der Waals surface area contributed by atoms with Gasteiger partial charge in [0.05, 0.1) is 0 Å². The molecule has 3 heteroatoms. The van der Waals surface area contributed by atoms with Gasteiger partial charge in [0.1, 0.15) is 5.82 Å². The van der Waals surface area contributed by atoms with E-state index in [2.05, 4.69) is 74.8 Å². The molecule has 0 unspecified atom stereocenters. The smallest absolute Gasteiger partial charge is 0.129 e. The average Bonchev–Trinajstić information content (AvgIpc) is 2.76. The second kappa shape index (κ2) is 8.34. The zero-order valence-electron chi connectivity index (χ0n) is 19.7. The van der Waals surface area contributed by atoms with Crippen molar-refractivity contribution in [2.24, 2.45) is 0 Å². The number of pyridine rings is 1. The molecule has 0 N–H and O–H groups in total. The van der Waals surface area contributed by atoms with E-state index in [-0.39, 0.29) is 10.8 Å². The Hall–Kier alpha value is -1.87. The molecule has 162 valence electrons. The Labute approximate surface area is 183 Å². The van der Waals surface area contributed by atoms with E-state index in [0.717, 1.165) is 32.0 Å².